The second kappa shape index (κ2) is 8.04. The Morgan fingerprint density at radius 1 is 1.30 bits per heavy atom. The summed E-state index contributed by atoms with van der Waals surface area (Å²) in [5.41, 5.74) is 7.29. The number of carbonyl (C=O) groups is 2. The number of aryl methyl sites for hydroxylation is 1. The molecular formula is C14H21N3O3. The molecule has 0 aliphatic rings. The summed E-state index contributed by atoms with van der Waals surface area (Å²) in [6, 6.07) is 5.59. The smallest absolute Gasteiger partial charge is 0.404 e. The lowest BCUT2D eigenvalue weighted by molar-refractivity contribution is 0.0937. The molecule has 1 aromatic carbocycles. The zero-order valence-corrected chi connectivity index (χ0v) is 11.9. The lowest BCUT2D eigenvalue weighted by Gasteiger charge is -2.12. The number of primary amides is 1. The topological polar surface area (TPSA) is 93.4 Å². The van der Waals surface area contributed by atoms with Crippen molar-refractivity contribution in [1.29, 1.82) is 0 Å². The predicted octanol–water partition coefficient (Wildman–Crippen LogP) is 1.64. The third kappa shape index (κ3) is 5.17. The number of hydrogen-bond donors (Lipinski definition) is 3. The number of rotatable bonds is 7. The van der Waals surface area contributed by atoms with Crippen LogP contribution in [0.25, 0.3) is 0 Å². The van der Waals surface area contributed by atoms with Gasteiger partial charge in [0.05, 0.1) is 12.1 Å². The first-order valence-electron chi connectivity index (χ1n) is 6.59. The number of anilines is 1. The lowest BCUT2D eigenvalue weighted by Crippen LogP contribution is -2.29. The Morgan fingerprint density at radius 2 is 2.05 bits per heavy atom. The van der Waals surface area contributed by atoms with E-state index in [-0.39, 0.29) is 19.1 Å². The molecule has 0 aliphatic carbocycles. The molecule has 6 heteroatoms. The molecule has 20 heavy (non-hydrogen) atoms. The van der Waals surface area contributed by atoms with Gasteiger partial charge in [0.15, 0.2) is 0 Å². The minimum absolute atomic E-state index is 0.0602. The van der Waals surface area contributed by atoms with E-state index in [4.69, 9.17) is 5.73 Å². The van der Waals surface area contributed by atoms with E-state index >= 15 is 0 Å². The first-order chi connectivity index (χ1) is 9.54. The van der Waals surface area contributed by atoms with Gasteiger partial charge in [-0.3, -0.25) is 4.79 Å². The molecule has 0 saturated heterocycles. The number of amides is 2. The van der Waals surface area contributed by atoms with Gasteiger partial charge in [0, 0.05) is 12.2 Å². The normalized spacial score (nSPS) is 9.90. The second-order valence-electron chi connectivity index (χ2n) is 4.40. The fourth-order valence-electron chi connectivity index (χ4n) is 1.67. The molecule has 0 unspecified atom stereocenters. The van der Waals surface area contributed by atoms with E-state index in [0.717, 1.165) is 24.2 Å². The second-order valence-corrected chi connectivity index (χ2v) is 4.40. The van der Waals surface area contributed by atoms with Crippen molar-refractivity contribution < 1.29 is 14.3 Å². The molecule has 0 radical (unpaired) electrons. The van der Waals surface area contributed by atoms with Crippen LogP contribution in [0.15, 0.2) is 18.2 Å². The third-order valence-corrected chi connectivity index (χ3v) is 2.62. The minimum atomic E-state index is -0.847. The van der Waals surface area contributed by atoms with Crippen molar-refractivity contribution in [2.24, 2.45) is 5.73 Å². The van der Waals surface area contributed by atoms with Gasteiger partial charge in [0.25, 0.3) is 5.91 Å². The predicted molar refractivity (Wildman–Crippen MR) is 77.8 cm³/mol. The number of benzene rings is 1. The molecule has 1 rings (SSSR count). The fraction of sp³-hybridized carbons (Fsp3) is 0.429. The Balaban J connectivity index is 2.63. The number of ether oxygens (including phenoxy) is 1. The van der Waals surface area contributed by atoms with E-state index in [1.165, 1.54) is 0 Å². The van der Waals surface area contributed by atoms with Gasteiger partial charge in [-0.05, 0) is 31.0 Å². The highest BCUT2D eigenvalue weighted by molar-refractivity contribution is 5.99. The monoisotopic (exact) mass is 279 g/mol. The van der Waals surface area contributed by atoms with Gasteiger partial charge in [-0.2, -0.15) is 0 Å². The molecule has 0 fully saturated rings. The molecule has 110 valence electrons. The summed E-state index contributed by atoms with van der Waals surface area (Å²) in [5.74, 6) is -0.211. The summed E-state index contributed by atoms with van der Waals surface area (Å²) in [6.45, 7) is 5.12. The summed E-state index contributed by atoms with van der Waals surface area (Å²) in [4.78, 5) is 22.5. The zero-order valence-electron chi connectivity index (χ0n) is 11.9. The van der Waals surface area contributed by atoms with E-state index in [2.05, 4.69) is 22.3 Å². The number of nitrogens with two attached hydrogens (primary N) is 1. The summed E-state index contributed by atoms with van der Waals surface area (Å²) in [6.07, 6.45) is 0.126. The first-order valence-corrected chi connectivity index (χ1v) is 6.59. The van der Waals surface area contributed by atoms with Crippen LogP contribution >= 0.6 is 0 Å². The fourth-order valence-corrected chi connectivity index (χ4v) is 1.67. The maximum absolute atomic E-state index is 12.1. The van der Waals surface area contributed by atoms with Gasteiger partial charge >= 0.3 is 6.09 Å². The molecule has 0 bridgehead atoms. The van der Waals surface area contributed by atoms with E-state index in [0.29, 0.717) is 5.56 Å². The van der Waals surface area contributed by atoms with Crippen molar-refractivity contribution in [1.82, 2.24) is 5.32 Å². The molecule has 0 spiro atoms. The molecule has 0 aromatic heterocycles. The van der Waals surface area contributed by atoms with Crippen LogP contribution in [0.1, 0.15) is 29.3 Å². The van der Waals surface area contributed by atoms with Crippen LogP contribution in [0.3, 0.4) is 0 Å². The average molecular weight is 279 g/mol. The Labute approximate surface area is 118 Å². The molecular weight excluding hydrogens is 258 g/mol. The summed E-state index contributed by atoms with van der Waals surface area (Å²) in [5, 5.41) is 5.91. The number of hydrogen-bond acceptors (Lipinski definition) is 4. The molecule has 6 nitrogen and oxygen atoms in total. The van der Waals surface area contributed by atoms with E-state index in [9.17, 15) is 9.59 Å². The zero-order chi connectivity index (χ0) is 15.0. The van der Waals surface area contributed by atoms with E-state index in [1.54, 1.807) is 6.07 Å². The molecule has 0 aliphatic heterocycles. The maximum Gasteiger partial charge on any atom is 0.404 e. The van der Waals surface area contributed by atoms with Crippen molar-refractivity contribution in [2.75, 3.05) is 25.0 Å². The van der Waals surface area contributed by atoms with E-state index < -0.39 is 6.09 Å². The van der Waals surface area contributed by atoms with Crippen LogP contribution in [0.5, 0.6) is 0 Å². The number of nitrogens with one attached hydrogen (secondary N) is 2. The summed E-state index contributed by atoms with van der Waals surface area (Å²) < 4.78 is 4.55. The van der Waals surface area contributed by atoms with Gasteiger partial charge in [-0.25, -0.2) is 4.79 Å². The van der Waals surface area contributed by atoms with E-state index in [1.807, 2.05) is 19.1 Å². The van der Waals surface area contributed by atoms with Crippen LogP contribution in [-0.4, -0.2) is 31.7 Å². The average Bonchev–Trinajstić information content (AvgIpc) is 2.41. The van der Waals surface area contributed by atoms with Crippen molar-refractivity contribution in [3.05, 3.63) is 29.3 Å². The molecule has 0 heterocycles. The van der Waals surface area contributed by atoms with Gasteiger partial charge in [0.2, 0.25) is 0 Å². The quantitative estimate of drug-likeness (QED) is 0.661. The first kappa shape index (κ1) is 15.8. The third-order valence-electron chi connectivity index (χ3n) is 2.62. The van der Waals surface area contributed by atoms with Crippen LogP contribution in [-0.2, 0) is 4.74 Å². The summed E-state index contributed by atoms with van der Waals surface area (Å²) in [7, 11) is 0. The molecule has 2 amide bonds. The standard InChI is InChI=1S/C14H21N3O3/c1-3-6-16-12-9-10(2)4-5-11(12)13(18)17-7-8-20-14(15)19/h4-5,9,16H,3,6-8H2,1-2H3,(H2,15,19)(H,17,18). The van der Waals surface area contributed by atoms with Gasteiger partial charge < -0.3 is 21.1 Å². The molecule has 0 saturated carbocycles. The number of carbonyl (C=O) groups excluding carboxylic acids is 2. The molecule has 4 N–H and O–H groups in total. The van der Waals surface area contributed by atoms with Crippen molar-refractivity contribution in [3.63, 3.8) is 0 Å². The SMILES string of the molecule is CCCNc1cc(C)ccc1C(=O)NCCOC(N)=O. The Hall–Kier alpha value is -2.24. The van der Waals surface area contributed by atoms with Crippen LogP contribution < -0.4 is 16.4 Å². The van der Waals surface area contributed by atoms with Gasteiger partial charge in [0.1, 0.15) is 6.61 Å². The van der Waals surface area contributed by atoms with Crippen LogP contribution in [0, 0.1) is 6.92 Å². The highest BCUT2D eigenvalue weighted by Gasteiger charge is 2.11. The minimum Gasteiger partial charge on any atom is -0.448 e. The Kier molecular flexibility index (Phi) is 6.36. The highest BCUT2D eigenvalue weighted by atomic mass is 16.5. The maximum atomic E-state index is 12.1. The summed E-state index contributed by atoms with van der Waals surface area (Å²) >= 11 is 0. The molecule has 0 atom stereocenters. The lowest BCUT2D eigenvalue weighted by atomic mass is 10.1. The Morgan fingerprint density at radius 3 is 2.70 bits per heavy atom. The van der Waals surface area contributed by atoms with Crippen molar-refractivity contribution in [3.8, 4) is 0 Å². The van der Waals surface area contributed by atoms with Crippen LogP contribution in [0.4, 0.5) is 10.5 Å². The van der Waals surface area contributed by atoms with Gasteiger partial charge in [-0.1, -0.05) is 13.0 Å². The highest BCUT2D eigenvalue weighted by Crippen LogP contribution is 2.17. The van der Waals surface area contributed by atoms with Crippen molar-refractivity contribution >= 4 is 17.7 Å². The Bertz CT molecular complexity index is 475. The van der Waals surface area contributed by atoms with Crippen molar-refractivity contribution in [2.45, 2.75) is 20.3 Å². The molecule has 1 aromatic rings. The largest absolute Gasteiger partial charge is 0.448 e. The van der Waals surface area contributed by atoms with Gasteiger partial charge in [-0.15, -0.1) is 0 Å². The van der Waals surface area contributed by atoms with Crippen LogP contribution in [0.2, 0.25) is 0 Å².